The lowest BCUT2D eigenvalue weighted by atomic mass is 10.2. The van der Waals surface area contributed by atoms with Crippen LogP contribution in [0.2, 0.25) is 0 Å². The highest BCUT2D eigenvalue weighted by Gasteiger charge is 2.14. The zero-order valence-corrected chi connectivity index (χ0v) is 12.9. The molecule has 0 heterocycles. The Kier molecular flexibility index (Phi) is 5.80. The minimum absolute atomic E-state index is 0.174. The Balaban J connectivity index is 1.97. The monoisotopic (exact) mass is 320 g/mol. The lowest BCUT2D eigenvalue weighted by Crippen LogP contribution is -2.12. The van der Waals surface area contributed by atoms with E-state index >= 15 is 0 Å². The van der Waals surface area contributed by atoms with Crippen LogP contribution in [-0.4, -0.2) is 33.4 Å². The molecule has 122 valence electrons. The van der Waals surface area contributed by atoms with Gasteiger partial charge in [0, 0.05) is 12.1 Å². The van der Waals surface area contributed by atoms with Crippen molar-refractivity contribution in [3.8, 4) is 17.2 Å². The van der Waals surface area contributed by atoms with Crippen LogP contribution < -0.4 is 14.2 Å². The lowest BCUT2D eigenvalue weighted by molar-refractivity contribution is 0.0595. The second-order valence-corrected chi connectivity index (χ2v) is 4.51. The average Bonchev–Trinajstić information content (AvgIpc) is 2.58. The average molecular weight is 320 g/mol. The Labute approximate surface area is 133 Å². The molecule has 0 radical (unpaired) electrons. The molecule has 0 unspecified atom stereocenters. The summed E-state index contributed by atoms with van der Waals surface area (Å²) in [4.78, 5) is 11.7. The third-order valence-corrected chi connectivity index (χ3v) is 3.00. The Morgan fingerprint density at radius 3 is 2.48 bits per heavy atom. The SMILES string of the molecule is COC(=O)c1ccc(OC)cc1OCCOc1cccc(F)c1. The second kappa shape index (κ2) is 8.03. The van der Waals surface area contributed by atoms with Crippen molar-refractivity contribution in [3.05, 3.63) is 53.8 Å². The van der Waals surface area contributed by atoms with Gasteiger partial charge in [-0.25, -0.2) is 9.18 Å². The maximum Gasteiger partial charge on any atom is 0.341 e. The summed E-state index contributed by atoms with van der Waals surface area (Å²) in [5, 5.41) is 0. The Bertz CT molecular complexity index is 672. The molecule has 0 fully saturated rings. The van der Waals surface area contributed by atoms with Crippen molar-refractivity contribution in [2.75, 3.05) is 27.4 Å². The predicted molar refractivity (Wildman–Crippen MR) is 81.7 cm³/mol. The summed E-state index contributed by atoms with van der Waals surface area (Å²) in [5.41, 5.74) is 0.291. The summed E-state index contributed by atoms with van der Waals surface area (Å²) in [7, 11) is 2.81. The molecule has 23 heavy (non-hydrogen) atoms. The highest BCUT2D eigenvalue weighted by molar-refractivity contribution is 5.92. The minimum Gasteiger partial charge on any atom is -0.497 e. The first kappa shape index (κ1) is 16.6. The molecule has 0 atom stereocenters. The molecule has 5 nitrogen and oxygen atoms in total. The first-order valence-corrected chi connectivity index (χ1v) is 6.91. The van der Waals surface area contributed by atoms with Gasteiger partial charge < -0.3 is 18.9 Å². The van der Waals surface area contributed by atoms with Crippen molar-refractivity contribution < 1.29 is 28.1 Å². The Morgan fingerprint density at radius 2 is 1.78 bits per heavy atom. The van der Waals surface area contributed by atoms with Gasteiger partial charge in [-0.1, -0.05) is 6.07 Å². The molecular formula is C17H17FO5. The van der Waals surface area contributed by atoms with E-state index in [0.29, 0.717) is 22.8 Å². The van der Waals surface area contributed by atoms with Crippen LogP contribution in [0.25, 0.3) is 0 Å². The number of benzene rings is 2. The van der Waals surface area contributed by atoms with Gasteiger partial charge >= 0.3 is 5.97 Å². The maximum absolute atomic E-state index is 13.0. The maximum atomic E-state index is 13.0. The van der Waals surface area contributed by atoms with E-state index in [1.807, 2.05) is 0 Å². The molecule has 2 aromatic rings. The van der Waals surface area contributed by atoms with E-state index in [-0.39, 0.29) is 19.0 Å². The van der Waals surface area contributed by atoms with Gasteiger partial charge in [0.15, 0.2) is 0 Å². The molecule has 0 aliphatic rings. The number of carbonyl (C=O) groups excluding carboxylic acids is 1. The molecule has 0 bridgehead atoms. The number of carbonyl (C=O) groups is 1. The summed E-state index contributed by atoms with van der Waals surface area (Å²) >= 11 is 0. The van der Waals surface area contributed by atoms with E-state index in [4.69, 9.17) is 18.9 Å². The molecule has 0 saturated heterocycles. The smallest absolute Gasteiger partial charge is 0.341 e. The highest BCUT2D eigenvalue weighted by atomic mass is 19.1. The fourth-order valence-electron chi connectivity index (χ4n) is 1.90. The van der Waals surface area contributed by atoms with Gasteiger partial charge in [-0.2, -0.15) is 0 Å². The molecular weight excluding hydrogens is 303 g/mol. The van der Waals surface area contributed by atoms with Crippen LogP contribution in [0.15, 0.2) is 42.5 Å². The van der Waals surface area contributed by atoms with Crippen molar-refractivity contribution in [2.45, 2.75) is 0 Å². The van der Waals surface area contributed by atoms with Crippen LogP contribution in [-0.2, 0) is 4.74 Å². The third-order valence-electron chi connectivity index (χ3n) is 3.00. The standard InChI is InChI=1S/C17H17FO5/c1-20-13-6-7-15(17(19)21-2)16(11-13)23-9-8-22-14-5-3-4-12(18)10-14/h3-7,10-11H,8-9H2,1-2H3. The molecule has 0 amide bonds. The number of methoxy groups -OCH3 is 2. The van der Waals surface area contributed by atoms with Gasteiger partial charge in [-0.05, 0) is 24.3 Å². The van der Waals surface area contributed by atoms with Gasteiger partial charge in [0.1, 0.15) is 41.8 Å². The zero-order chi connectivity index (χ0) is 16.7. The zero-order valence-electron chi connectivity index (χ0n) is 12.9. The van der Waals surface area contributed by atoms with E-state index in [2.05, 4.69) is 0 Å². The minimum atomic E-state index is -0.506. The van der Waals surface area contributed by atoms with Crippen molar-refractivity contribution in [3.63, 3.8) is 0 Å². The van der Waals surface area contributed by atoms with Gasteiger partial charge in [0.2, 0.25) is 0 Å². The molecule has 0 aliphatic heterocycles. The van der Waals surface area contributed by atoms with Crippen LogP contribution in [0.1, 0.15) is 10.4 Å². The molecule has 2 rings (SSSR count). The molecule has 0 aliphatic carbocycles. The predicted octanol–water partition coefficient (Wildman–Crippen LogP) is 3.08. The molecule has 0 aromatic heterocycles. The van der Waals surface area contributed by atoms with Crippen LogP contribution in [0.5, 0.6) is 17.2 Å². The number of ether oxygens (including phenoxy) is 4. The van der Waals surface area contributed by atoms with Gasteiger partial charge in [0.25, 0.3) is 0 Å². The van der Waals surface area contributed by atoms with Gasteiger partial charge in [-0.15, -0.1) is 0 Å². The van der Waals surface area contributed by atoms with Crippen LogP contribution >= 0.6 is 0 Å². The number of esters is 1. The van der Waals surface area contributed by atoms with Crippen molar-refractivity contribution >= 4 is 5.97 Å². The molecule has 0 spiro atoms. The van der Waals surface area contributed by atoms with E-state index in [1.54, 1.807) is 30.3 Å². The highest BCUT2D eigenvalue weighted by Crippen LogP contribution is 2.25. The van der Waals surface area contributed by atoms with E-state index in [9.17, 15) is 9.18 Å². The topological polar surface area (TPSA) is 54.0 Å². The van der Waals surface area contributed by atoms with E-state index in [1.165, 1.54) is 26.4 Å². The Hall–Kier alpha value is -2.76. The normalized spacial score (nSPS) is 10.0. The van der Waals surface area contributed by atoms with Crippen molar-refractivity contribution in [1.82, 2.24) is 0 Å². The number of hydrogen-bond donors (Lipinski definition) is 0. The lowest BCUT2D eigenvalue weighted by Gasteiger charge is -2.12. The summed E-state index contributed by atoms with van der Waals surface area (Å²) < 4.78 is 33.8. The quantitative estimate of drug-likeness (QED) is 0.580. The largest absolute Gasteiger partial charge is 0.497 e. The summed E-state index contributed by atoms with van der Waals surface area (Å²) in [5.74, 6) is 0.420. The number of rotatable bonds is 7. The van der Waals surface area contributed by atoms with Crippen LogP contribution in [0, 0.1) is 5.82 Å². The summed E-state index contributed by atoms with van der Waals surface area (Å²) in [6, 6.07) is 10.6. The fraction of sp³-hybridized carbons (Fsp3) is 0.235. The molecule has 0 N–H and O–H groups in total. The second-order valence-electron chi connectivity index (χ2n) is 4.51. The van der Waals surface area contributed by atoms with Gasteiger partial charge in [-0.3, -0.25) is 0 Å². The van der Waals surface area contributed by atoms with Crippen molar-refractivity contribution in [1.29, 1.82) is 0 Å². The van der Waals surface area contributed by atoms with E-state index in [0.717, 1.165) is 0 Å². The van der Waals surface area contributed by atoms with Crippen molar-refractivity contribution in [2.24, 2.45) is 0 Å². The summed E-state index contributed by atoms with van der Waals surface area (Å²) in [6.45, 7) is 0.370. The number of hydrogen-bond acceptors (Lipinski definition) is 5. The fourth-order valence-corrected chi connectivity index (χ4v) is 1.90. The van der Waals surface area contributed by atoms with E-state index < -0.39 is 5.97 Å². The number of halogens is 1. The van der Waals surface area contributed by atoms with Crippen LogP contribution in [0.4, 0.5) is 4.39 Å². The van der Waals surface area contributed by atoms with Crippen LogP contribution in [0.3, 0.4) is 0 Å². The molecule has 6 heteroatoms. The Morgan fingerprint density at radius 1 is 1.00 bits per heavy atom. The molecule has 2 aromatic carbocycles. The molecule has 0 saturated carbocycles. The summed E-state index contributed by atoms with van der Waals surface area (Å²) in [6.07, 6.45) is 0. The first-order chi connectivity index (χ1) is 11.1. The third kappa shape index (κ3) is 4.60. The first-order valence-electron chi connectivity index (χ1n) is 6.91. The van der Waals surface area contributed by atoms with Gasteiger partial charge in [0.05, 0.1) is 14.2 Å².